The van der Waals surface area contributed by atoms with E-state index in [-0.39, 0.29) is 85.3 Å². The van der Waals surface area contributed by atoms with Crippen LogP contribution in [0.4, 0.5) is 17.6 Å². The summed E-state index contributed by atoms with van der Waals surface area (Å²) in [7, 11) is 0. The van der Waals surface area contributed by atoms with Gasteiger partial charge in [-0.1, -0.05) is 0 Å². The van der Waals surface area contributed by atoms with E-state index in [4.69, 9.17) is 53.6 Å². The molecular formula is C31H52F4O15. The molecule has 0 aliphatic heterocycles. The van der Waals surface area contributed by atoms with E-state index >= 15 is 0 Å². The lowest BCUT2D eigenvalue weighted by Gasteiger charge is -2.24. The number of aliphatic hydroxyl groups is 8. The molecule has 0 bridgehead atoms. The summed E-state index contributed by atoms with van der Waals surface area (Å²) in [4.78, 5) is 0. The van der Waals surface area contributed by atoms with Gasteiger partial charge in [0, 0.05) is 25.0 Å². The topological polar surface area (TPSA) is 226 Å². The quantitative estimate of drug-likeness (QED) is 0.0252. The first-order valence-electron chi connectivity index (χ1n) is 16.1. The molecule has 0 amide bonds. The van der Waals surface area contributed by atoms with Crippen molar-refractivity contribution in [1.82, 2.24) is 0 Å². The van der Waals surface area contributed by atoms with Crippen molar-refractivity contribution in [2.24, 2.45) is 0 Å². The number of benzene rings is 1. The molecule has 1 rings (SSSR count). The van der Waals surface area contributed by atoms with E-state index in [9.17, 15) is 38.0 Å². The van der Waals surface area contributed by atoms with Crippen LogP contribution >= 0.6 is 0 Å². The first kappa shape index (κ1) is 46.2. The van der Waals surface area contributed by atoms with E-state index in [0.29, 0.717) is 0 Å². The Morgan fingerprint density at radius 1 is 0.460 bits per heavy atom. The van der Waals surface area contributed by atoms with Crippen molar-refractivity contribution in [3.8, 4) is 5.75 Å². The Balaban J connectivity index is 3.03. The Morgan fingerprint density at radius 3 is 1.24 bits per heavy atom. The van der Waals surface area contributed by atoms with Crippen molar-refractivity contribution in [3.63, 3.8) is 0 Å². The summed E-state index contributed by atoms with van der Waals surface area (Å²) < 4.78 is 96.5. The average Bonchev–Trinajstić information content (AvgIpc) is 3.11. The van der Waals surface area contributed by atoms with E-state index in [1.54, 1.807) is 0 Å². The minimum absolute atomic E-state index is 0.0515. The number of halogens is 4. The summed E-state index contributed by atoms with van der Waals surface area (Å²) in [6.45, 7) is -2.92. The van der Waals surface area contributed by atoms with Gasteiger partial charge in [-0.3, -0.25) is 0 Å². The highest BCUT2D eigenvalue weighted by Crippen LogP contribution is 2.31. The second-order valence-electron chi connectivity index (χ2n) is 11.3. The maximum atomic E-state index is 14.7. The maximum absolute atomic E-state index is 14.7. The Hall–Kier alpha value is -1.82. The molecule has 1 aromatic rings. The molecular weight excluding hydrogens is 688 g/mol. The van der Waals surface area contributed by atoms with Crippen molar-refractivity contribution >= 4 is 0 Å². The molecule has 294 valence electrons. The van der Waals surface area contributed by atoms with Crippen LogP contribution in [0.1, 0.15) is 24.8 Å². The predicted octanol–water partition coefficient (Wildman–Crippen LogP) is -1.28. The molecule has 0 aliphatic carbocycles. The Kier molecular flexibility index (Phi) is 24.8. The molecule has 0 heterocycles. The van der Waals surface area contributed by atoms with E-state index < -0.39 is 104 Å². The molecule has 0 aliphatic rings. The van der Waals surface area contributed by atoms with E-state index in [1.165, 1.54) is 0 Å². The minimum Gasteiger partial charge on any atom is -0.484 e. The Bertz CT molecular complexity index is 986. The summed E-state index contributed by atoms with van der Waals surface area (Å²) in [6.07, 6.45) is -7.33. The fourth-order valence-electron chi connectivity index (χ4n) is 4.00. The normalized spacial score (nSPS) is 16.2. The Labute approximate surface area is 287 Å². The van der Waals surface area contributed by atoms with Gasteiger partial charge in [-0.25, -0.2) is 8.78 Å². The third-order valence-corrected chi connectivity index (χ3v) is 6.89. The lowest BCUT2D eigenvalue weighted by Crippen LogP contribution is -2.32. The molecule has 1 aromatic carbocycles. The lowest BCUT2D eigenvalue weighted by atomic mass is 10.1. The van der Waals surface area contributed by atoms with Crippen molar-refractivity contribution in [3.05, 3.63) is 28.8 Å². The summed E-state index contributed by atoms with van der Waals surface area (Å²) in [6, 6.07) is 0. The standard InChI is InChI=1S/C31H52F4O15/c1-19-27(32)29(34)31(30(35)28(19)33)50-24(4-7-49-26(17-46-14-22(42)10-38)18-47-15-23(43)11-39)3-6-48-25(16-45-13-21(41)9-37)2-5-44-12-20(40)8-36/h20-26,36-43H,2-18H2,1H3. The number of rotatable bonds is 31. The van der Waals surface area contributed by atoms with Crippen molar-refractivity contribution in [2.45, 2.75) is 68.9 Å². The van der Waals surface area contributed by atoms with Crippen LogP contribution in [0.25, 0.3) is 0 Å². The van der Waals surface area contributed by atoms with Gasteiger partial charge in [-0.15, -0.1) is 0 Å². The van der Waals surface area contributed by atoms with Gasteiger partial charge in [0.1, 0.15) is 36.6 Å². The predicted molar refractivity (Wildman–Crippen MR) is 164 cm³/mol. The average molecular weight is 741 g/mol. The first-order chi connectivity index (χ1) is 23.9. The van der Waals surface area contributed by atoms with E-state index in [0.717, 1.165) is 6.92 Å². The fraction of sp³-hybridized carbons (Fsp3) is 0.806. The molecule has 6 atom stereocenters. The van der Waals surface area contributed by atoms with E-state index in [1.807, 2.05) is 0 Å². The largest absolute Gasteiger partial charge is 0.484 e. The number of aliphatic hydroxyl groups excluding tert-OH is 8. The fourth-order valence-corrected chi connectivity index (χ4v) is 4.00. The van der Waals surface area contributed by atoms with Gasteiger partial charge >= 0.3 is 0 Å². The zero-order valence-electron chi connectivity index (χ0n) is 28.0. The monoisotopic (exact) mass is 740 g/mol. The van der Waals surface area contributed by atoms with E-state index in [2.05, 4.69) is 0 Å². The molecule has 50 heavy (non-hydrogen) atoms. The van der Waals surface area contributed by atoms with Crippen LogP contribution in [0.5, 0.6) is 5.75 Å². The van der Waals surface area contributed by atoms with Crippen LogP contribution in [-0.4, -0.2) is 176 Å². The Morgan fingerprint density at radius 2 is 0.820 bits per heavy atom. The molecule has 15 nitrogen and oxygen atoms in total. The highest BCUT2D eigenvalue weighted by atomic mass is 19.2. The molecule has 8 N–H and O–H groups in total. The van der Waals surface area contributed by atoms with Gasteiger partial charge in [0.05, 0.1) is 92.0 Å². The summed E-state index contributed by atoms with van der Waals surface area (Å²) >= 11 is 0. The van der Waals surface area contributed by atoms with Crippen LogP contribution in [0.15, 0.2) is 0 Å². The van der Waals surface area contributed by atoms with Crippen LogP contribution in [0.2, 0.25) is 0 Å². The van der Waals surface area contributed by atoms with Crippen molar-refractivity contribution < 1.29 is 91.6 Å². The van der Waals surface area contributed by atoms with Crippen molar-refractivity contribution in [1.29, 1.82) is 0 Å². The smallest absolute Gasteiger partial charge is 0.204 e. The minimum atomic E-state index is -1.74. The molecule has 19 heteroatoms. The van der Waals surface area contributed by atoms with Gasteiger partial charge in [-0.2, -0.15) is 8.78 Å². The highest BCUT2D eigenvalue weighted by Gasteiger charge is 2.27. The molecule has 6 unspecified atom stereocenters. The molecule has 0 saturated carbocycles. The maximum Gasteiger partial charge on any atom is 0.204 e. The summed E-state index contributed by atoms with van der Waals surface area (Å²) in [5.74, 6) is -8.04. The zero-order valence-corrected chi connectivity index (χ0v) is 28.0. The van der Waals surface area contributed by atoms with Gasteiger partial charge in [0.25, 0.3) is 0 Å². The van der Waals surface area contributed by atoms with Crippen LogP contribution < -0.4 is 4.74 Å². The third kappa shape index (κ3) is 18.6. The molecule has 0 fully saturated rings. The van der Waals surface area contributed by atoms with Crippen LogP contribution in [0, 0.1) is 30.2 Å². The van der Waals surface area contributed by atoms with Gasteiger partial charge < -0.3 is 74.0 Å². The summed E-state index contributed by atoms with van der Waals surface area (Å²) in [5.41, 5.74) is -0.876. The third-order valence-electron chi connectivity index (χ3n) is 6.89. The van der Waals surface area contributed by atoms with Crippen LogP contribution in [-0.2, 0) is 28.4 Å². The molecule has 0 saturated heterocycles. The number of hydrogen-bond donors (Lipinski definition) is 8. The van der Waals surface area contributed by atoms with Gasteiger partial charge in [0.15, 0.2) is 17.4 Å². The lowest BCUT2D eigenvalue weighted by molar-refractivity contribution is -0.0919. The second-order valence-corrected chi connectivity index (χ2v) is 11.3. The highest BCUT2D eigenvalue weighted by molar-refractivity contribution is 5.34. The summed E-state index contributed by atoms with van der Waals surface area (Å²) in [5, 5.41) is 74.0. The second kappa shape index (κ2) is 26.9. The SMILES string of the molecule is Cc1c(F)c(F)c(OC(CCOC(CCOCC(O)CO)COCC(O)CO)CCOC(COCC(O)CO)COCC(O)CO)c(F)c1F. The van der Waals surface area contributed by atoms with Gasteiger partial charge in [-0.05, 0) is 13.3 Å². The number of hydrogen-bond acceptors (Lipinski definition) is 15. The number of ether oxygens (including phenoxy) is 7. The zero-order chi connectivity index (χ0) is 37.5. The first-order valence-corrected chi connectivity index (χ1v) is 16.1. The molecule has 0 spiro atoms. The molecule has 0 radical (unpaired) electrons. The van der Waals surface area contributed by atoms with Gasteiger partial charge in [0.2, 0.25) is 11.6 Å². The van der Waals surface area contributed by atoms with Crippen LogP contribution in [0.3, 0.4) is 0 Å². The molecule has 0 aromatic heterocycles. The van der Waals surface area contributed by atoms with Crippen molar-refractivity contribution in [2.75, 3.05) is 92.5 Å².